The average molecular weight is 262 g/mol. The second-order valence-corrected chi connectivity index (χ2v) is 4.21. The van der Waals surface area contributed by atoms with Crippen molar-refractivity contribution in [2.45, 2.75) is 13.8 Å². The van der Waals surface area contributed by atoms with Crippen LogP contribution in [0.15, 0.2) is 12.1 Å². The molecule has 0 saturated carbocycles. The number of H-pyrrole nitrogens is 1. The van der Waals surface area contributed by atoms with Gasteiger partial charge in [-0.15, -0.1) is 0 Å². The van der Waals surface area contributed by atoms with Crippen molar-refractivity contribution in [3.05, 3.63) is 23.7 Å². The maximum atomic E-state index is 5.34. The Morgan fingerprint density at radius 1 is 0.947 bits per heavy atom. The number of nitrogens with one attached hydrogen (secondary N) is 1. The minimum Gasteiger partial charge on any atom is -0.493 e. The summed E-state index contributed by atoms with van der Waals surface area (Å²) in [5.41, 5.74) is 2.82. The van der Waals surface area contributed by atoms with E-state index in [2.05, 4.69) is 9.97 Å². The van der Waals surface area contributed by atoms with Crippen molar-refractivity contribution in [3.63, 3.8) is 0 Å². The number of ether oxygens (including phenoxy) is 3. The van der Waals surface area contributed by atoms with Crippen LogP contribution < -0.4 is 14.2 Å². The van der Waals surface area contributed by atoms with E-state index in [0.717, 1.165) is 22.8 Å². The van der Waals surface area contributed by atoms with Crippen LogP contribution in [0.25, 0.3) is 11.3 Å². The van der Waals surface area contributed by atoms with Gasteiger partial charge in [-0.3, -0.25) is 0 Å². The highest BCUT2D eigenvalue weighted by Crippen LogP contribution is 2.41. The molecule has 0 spiro atoms. The van der Waals surface area contributed by atoms with Gasteiger partial charge in [0.1, 0.15) is 5.82 Å². The van der Waals surface area contributed by atoms with Gasteiger partial charge in [0.2, 0.25) is 5.75 Å². The number of hydrogen-bond donors (Lipinski definition) is 1. The van der Waals surface area contributed by atoms with Crippen molar-refractivity contribution in [2.75, 3.05) is 21.3 Å². The number of hydrogen-bond acceptors (Lipinski definition) is 4. The van der Waals surface area contributed by atoms with Crippen LogP contribution in [-0.4, -0.2) is 31.3 Å². The van der Waals surface area contributed by atoms with Crippen LogP contribution in [0.5, 0.6) is 17.2 Å². The highest BCUT2D eigenvalue weighted by atomic mass is 16.5. The van der Waals surface area contributed by atoms with Crippen molar-refractivity contribution in [1.82, 2.24) is 9.97 Å². The maximum Gasteiger partial charge on any atom is 0.203 e. The number of imidazole rings is 1. The molecule has 1 N–H and O–H groups in total. The Hall–Kier alpha value is -2.17. The molecule has 0 fully saturated rings. The topological polar surface area (TPSA) is 56.4 Å². The molecule has 2 rings (SSSR count). The van der Waals surface area contributed by atoms with Gasteiger partial charge in [0, 0.05) is 11.3 Å². The van der Waals surface area contributed by atoms with Gasteiger partial charge in [-0.05, 0) is 26.0 Å². The molecule has 19 heavy (non-hydrogen) atoms. The summed E-state index contributed by atoms with van der Waals surface area (Å²) in [5, 5.41) is 0. The number of aromatic amines is 1. The number of aromatic nitrogens is 2. The molecule has 0 aliphatic heterocycles. The van der Waals surface area contributed by atoms with Crippen LogP contribution in [0.2, 0.25) is 0 Å². The van der Waals surface area contributed by atoms with Gasteiger partial charge < -0.3 is 19.2 Å². The van der Waals surface area contributed by atoms with Gasteiger partial charge in [-0.1, -0.05) is 0 Å². The lowest BCUT2D eigenvalue weighted by Crippen LogP contribution is -1.96. The molecule has 1 aromatic heterocycles. The molecule has 0 amide bonds. The summed E-state index contributed by atoms with van der Waals surface area (Å²) in [5.74, 6) is 2.70. The van der Waals surface area contributed by atoms with E-state index in [0.29, 0.717) is 17.2 Å². The molecule has 0 saturated heterocycles. The highest BCUT2D eigenvalue weighted by Gasteiger charge is 2.16. The maximum absolute atomic E-state index is 5.34. The molecular formula is C14H18N2O3. The lowest BCUT2D eigenvalue weighted by molar-refractivity contribution is 0.324. The van der Waals surface area contributed by atoms with Crippen LogP contribution in [0, 0.1) is 13.8 Å². The molecule has 0 radical (unpaired) electrons. The third-order valence-electron chi connectivity index (χ3n) is 2.94. The van der Waals surface area contributed by atoms with E-state index in [1.807, 2.05) is 26.0 Å². The molecule has 1 aromatic carbocycles. The van der Waals surface area contributed by atoms with Crippen LogP contribution in [-0.2, 0) is 0 Å². The van der Waals surface area contributed by atoms with Crippen LogP contribution in [0.3, 0.4) is 0 Å². The number of methoxy groups -OCH3 is 3. The van der Waals surface area contributed by atoms with E-state index in [1.165, 1.54) is 0 Å². The number of rotatable bonds is 4. The Balaban J connectivity index is 2.62. The van der Waals surface area contributed by atoms with Crippen molar-refractivity contribution < 1.29 is 14.2 Å². The molecule has 0 aliphatic carbocycles. The quantitative estimate of drug-likeness (QED) is 0.920. The summed E-state index contributed by atoms with van der Waals surface area (Å²) in [6, 6.07) is 3.79. The normalized spacial score (nSPS) is 10.4. The van der Waals surface area contributed by atoms with Crippen molar-refractivity contribution in [3.8, 4) is 28.5 Å². The Bertz CT molecular complexity index is 565. The number of benzene rings is 1. The first-order chi connectivity index (χ1) is 9.10. The molecule has 1 heterocycles. The van der Waals surface area contributed by atoms with E-state index >= 15 is 0 Å². The number of aryl methyl sites for hydroxylation is 2. The van der Waals surface area contributed by atoms with Gasteiger partial charge in [0.05, 0.1) is 27.0 Å². The fourth-order valence-corrected chi connectivity index (χ4v) is 2.11. The molecular weight excluding hydrogens is 244 g/mol. The van der Waals surface area contributed by atoms with Crippen LogP contribution >= 0.6 is 0 Å². The lowest BCUT2D eigenvalue weighted by atomic mass is 10.1. The Kier molecular flexibility index (Phi) is 3.64. The van der Waals surface area contributed by atoms with Crippen molar-refractivity contribution in [2.24, 2.45) is 0 Å². The van der Waals surface area contributed by atoms with Gasteiger partial charge >= 0.3 is 0 Å². The summed E-state index contributed by atoms with van der Waals surface area (Å²) in [7, 11) is 4.79. The van der Waals surface area contributed by atoms with E-state index < -0.39 is 0 Å². The fraction of sp³-hybridized carbons (Fsp3) is 0.357. The largest absolute Gasteiger partial charge is 0.493 e. The summed E-state index contributed by atoms with van der Waals surface area (Å²) in [4.78, 5) is 7.66. The minimum atomic E-state index is 0.582. The van der Waals surface area contributed by atoms with Gasteiger partial charge in [-0.25, -0.2) is 4.98 Å². The van der Waals surface area contributed by atoms with Gasteiger partial charge in [0.15, 0.2) is 11.5 Å². The van der Waals surface area contributed by atoms with E-state index in [9.17, 15) is 0 Å². The Labute approximate surface area is 112 Å². The molecule has 102 valence electrons. The predicted octanol–water partition coefficient (Wildman–Crippen LogP) is 2.72. The molecule has 5 nitrogen and oxygen atoms in total. The molecule has 0 unspecified atom stereocenters. The van der Waals surface area contributed by atoms with Crippen LogP contribution in [0.4, 0.5) is 0 Å². The van der Waals surface area contributed by atoms with Gasteiger partial charge in [-0.2, -0.15) is 0 Å². The monoisotopic (exact) mass is 262 g/mol. The average Bonchev–Trinajstić information content (AvgIpc) is 2.75. The smallest absolute Gasteiger partial charge is 0.203 e. The second kappa shape index (κ2) is 5.22. The van der Waals surface area contributed by atoms with Crippen molar-refractivity contribution in [1.29, 1.82) is 0 Å². The molecule has 5 heteroatoms. The minimum absolute atomic E-state index is 0.582. The van der Waals surface area contributed by atoms with Crippen molar-refractivity contribution >= 4 is 0 Å². The first kappa shape index (κ1) is 13.3. The lowest BCUT2D eigenvalue weighted by Gasteiger charge is -2.13. The fourth-order valence-electron chi connectivity index (χ4n) is 2.11. The SMILES string of the molecule is COc1cc(-c2nc(C)[nH]c2C)cc(OC)c1OC. The summed E-state index contributed by atoms with van der Waals surface area (Å²) in [6.07, 6.45) is 0. The zero-order valence-electron chi connectivity index (χ0n) is 11.8. The molecule has 0 atom stereocenters. The predicted molar refractivity (Wildman–Crippen MR) is 73.2 cm³/mol. The van der Waals surface area contributed by atoms with E-state index in [1.54, 1.807) is 21.3 Å². The third kappa shape index (κ3) is 2.36. The van der Waals surface area contributed by atoms with Crippen LogP contribution in [0.1, 0.15) is 11.5 Å². The molecule has 0 bridgehead atoms. The summed E-state index contributed by atoms with van der Waals surface area (Å²) < 4.78 is 16.0. The highest BCUT2D eigenvalue weighted by molar-refractivity contribution is 5.70. The zero-order chi connectivity index (χ0) is 14.0. The second-order valence-electron chi connectivity index (χ2n) is 4.21. The molecule has 2 aromatic rings. The zero-order valence-corrected chi connectivity index (χ0v) is 11.8. The summed E-state index contributed by atoms with van der Waals surface area (Å²) in [6.45, 7) is 3.91. The third-order valence-corrected chi connectivity index (χ3v) is 2.94. The van der Waals surface area contributed by atoms with E-state index in [-0.39, 0.29) is 0 Å². The molecule has 0 aliphatic rings. The van der Waals surface area contributed by atoms with E-state index in [4.69, 9.17) is 14.2 Å². The number of nitrogens with zero attached hydrogens (tertiary/aromatic N) is 1. The first-order valence-corrected chi connectivity index (χ1v) is 5.94. The first-order valence-electron chi connectivity index (χ1n) is 5.94. The Morgan fingerprint density at radius 3 is 1.89 bits per heavy atom. The standard InChI is InChI=1S/C14H18N2O3/c1-8-13(16-9(2)15-8)10-6-11(17-3)14(19-5)12(7-10)18-4/h6-7H,1-5H3,(H,15,16). The van der Waals surface area contributed by atoms with Gasteiger partial charge in [0.25, 0.3) is 0 Å². The summed E-state index contributed by atoms with van der Waals surface area (Å²) >= 11 is 0. The Morgan fingerprint density at radius 2 is 1.53 bits per heavy atom.